The van der Waals surface area contributed by atoms with Crippen molar-refractivity contribution in [2.24, 2.45) is 0 Å². The molecule has 1 aromatic heterocycles. The van der Waals surface area contributed by atoms with Crippen molar-refractivity contribution >= 4 is 0 Å². The second-order valence-corrected chi connectivity index (χ2v) is 4.93. The van der Waals surface area contributed by atoms with Gasteiger partial charge in [0.1, 0.15) is 5.75 Å². The molecule has 1 aromatic carbocycles. The molecule has 2 N–H and O–H groups in total. The topological polar surface area (TPSA) is 54.4 Å². The van der Waals surface area contributed by atoms with Crippen LogP contribution in [0.25, 0.3) is 0 Å². The average Bonchev–Trinajstić information content (AvgIpc) is 2.50. The first-order valence-corrected chi connectivity index (χ1v) is 7.21. The maximum absolute atomic E-state index is 9.78. The zero-order chi connectivity index (χ0) is 15.1. The Morgan fingerprint density at radius 2 is 1.86 bits per heavy atom. The summed E-state index contributed by atoms with van der Waals surface area (Å²) in [5, 5.41) is 13.1. The van der Waals surface area contributed by atoms with E-state index in [9.17, 15) is 5.11 Å². The molecule has 21 heavy (non-hydrogen) atoms. The van der Waals surface area contributed by atoms with E-state index >= 15 is 0 Å². The van der Waals surface area contributed by atoms with Crippen LogP contribution in [0, 0.1) is 6.92 Å². The van der Waals surface area contributed by atoms with Crippen LogP contribution in [0.2, 0.25) is 0 Å². The molecule has 0 radical (unpaired) electrons. The highest BCUT2D eigenvalue weighted by Gasteiger charge is 2.05. The van der Waals surface area contributed by atoms with E-state index in [0.29, 0.717) is 25.5 Å². The number of aromatic nitrogens is 1. The van der Waals surface area contributed by atoms with E-state index in [0.717, 1.165) is 12.2 Å². The van der Waals surface area contributed by atoms with Crippen LogP contribution >= 0.6 is 0 Å². The maximum atomic E-state index is 9.78. The molecule has 4 heteroatoms. The molecule has 2 rings (SSSR count). The predicted molar refractivity (Wildman–Crippen MR) is 83.0 cm³/mol. The Morgan fingerprint density at radius 1 is 1.10 bits per heavy atom. The molecule has 0 aliphatic carbocycles. The number of pyridine rings is 1. The van der Waals surface area contributed by atoms with Crippen LogP contribution < -0.4 is 5.32 Å². The van der Waals surface area contributed by atoms with Crippen molar-refractivity contribution in [3.05, 3.63) is 58.9 Å². The third-order valence-corrected chi connectivity index (χ3v) is 3.28. The highest BCUT2D eigenvalue weighted by molar-refractivity contribution is 5.28. The molecule has 0 spiro atoms. The standard InChI is InChI=1S/C17H22N2O2/c1-3-21-12-15-7-5-4-6-14(15)10-18-11-16-17(20)9-8-13(2)19-16/h4-9,18,20H,3,10-12H2,1-2H3. The molecular weight excluding hydrogens is 264 g/mol. The largest absolute Gasteiger partial charge is 0.506 e. The van der Waals surface area contributed by atoms with E-state index < -0.39 is 0 Å². The van der Waals surface area contributed by atoms with E-state index in [-0.39, 0.29) is 5.75 Å². The van der Waals surface area contributed by atoms with Crippen LogP contribution in [0.5, 0.6) is 5.75 Å². The van der Waals surface area contributed by atoms with Gasteiger partial charge < -0.3 is 15.2 Å². The van der Waals surface area contributed by atoms with Gasteiger partial charge in [-0.15, -0.1) is 0 Å². The number of benzene rings is 1. The SMILES string of the molecule is CCOCc1ccccc1CNCc1nc(C)ccc1O. The molecule has 112 valence electrons. The summed E-state index contributed by atoms with van der Waals surface area (Å²) in [5.74, 6) is 0.232. The fraction of sp³-hybridized carbons (Fsp3) is 0.353. The molecule has 1 heterocycles. The molecule has 0 unspecified atom stereocenters. The normalized spacial score (nSPS) is 10.8. The minimum atomic E-state index is 0.232. The van der Waals surface area contributed by atoms with Crippen LogP contribution in [-0.4, -0.2) is 16.7 Å². The first-order valence-electron chi connectivity index (χ1n) is 7.21. The maximum Gasteiger partial charge on any atom is 0.138 e. The van der Waals surface area contributed by atoms with Crippen LogP contribution in [0.3, 0.4) is 0 Å². The molecule has 4 nitrogen and oxygen atoms in total. The summed E-state index contributed by atoms with van der Waals surface area (Å²) in [6.45, 7) is 6.51. The van der Waals surface area contributed by atoms with Gasteiger partial charge in [0.05, 0.1) is 12.3 Å². The molecule has 0 aliphatic rings. The highest BCUT2D eigenvalue weighted by atomic mass is 16.5. The van der Waals surface area contributed by atoms with Crippen LogP contribution in [-0.2, 0) is 24.4 Å². The monoisotopic (exact) mass is 286 g/mol. The molecule has 0 saturated heterocycles. The van der Waals surface area contributed by atoms with Gasteiger partial charge in [-0.2, -0.15) is 0 Å². The van der Waals surface area contributed by atoms with Crippen molar-refractivity contribution in [3.63, 3.8) is 0 Å². The third-order valence-electron chi connectivity index (χ3n) is 3.28. The minimum absolute atomic E-state index is 0.232. The summed E-state index contributed by atoms with van der Waals surface area (Å²) >= 11 is 0. The summed E-state index contributed by atoms with van der Waals surface area (Å²) in [5.41, 5.74) is 3.98. The van der Waals surface area contributed by atoms with Crippen molar-refractivity contribution in [2.45, 2.75) is 33.5 Å². The smallest absolute Gasteiger partial charge is 0.138 e. The van der Waals surface area contributed by atoms with Crippen LogP contribution in [0.15, 0.2) is 36.4 Å². The number of nitrogens with one attached hydrogen (secondary N) is 1. The first-order chi connectivity index (χ1) is 10.2. The zero-order valence-electron chi connectivity index (χ0n) is 12.6. The number of aryl methyl sites for hydroxylation is 1. The van der Waals surface area contributed by atoms with Crippen molar-refractivity contribution in [2.75, 3.05) is 6.61 Å². The summed E-state index contributed by atoms with van der Waals surface area (Å²) in [6, 6.07) is 11.7. The summed E-state index contributed by atoms with van der Waals surface area (Å²) < 4.78 is 5.48. The number of aromatic hydroxyl groups is 1. The lowest BCUT2D eigenvalue weighted by Gasteiger charge is -2.11. The fourth-order valence-corrected chi connectivity index (χ4v) is 2.13. The van der Waals surface area contributed by atoms with E-state index in [4.69, 9.17) is 4.74 Å². The molecule has 0 bridgehead atoms. The van der Waals surface area contributed by atoms with Crippen molar-refractivity contribution in [3.8, 4) is 5.75 Å². The number of hydrogen-bond acceptors (Lipinski definition) is 4. The van der Waals surface area contributed by atoms with Gasteiger partial charge in [-0.05, 0) is 37.1 Å². The Kier molecular flexibility index (Phi) is 5.72. The van der Waals surface area contributed by atoms with Gasteiger partial charge in [0.15, 0.2) is 0 Å². The number of hydrogen-bond donors (Lipinski definition) is 2. The van der Waals surface area contributed by atoms with Crippen LogP contribution in [0.4, 0.5) is 0 Å². The third kappa shape index (κ3) is 4.55. The molecule has 0 aliphatic heterocycles. The molecule has 0 saturated carbocycles. The Balaban J connectivity index is 1.95. The molecule has 0 amide bonds. The fourth-order valence-electron chi connectivity index (χ4n) is 2.13. The molecule has 0 fully saturated rings. The van der Waals surface area contributed by atoms with E-state index in [1.54, 1.807) is 12.1 Å². The molecular formula is C17H22N2O2. The van der Waals surface area contributed by atoms with E-state index in [2.05, 4.69) is 22.4 Å². The summed E-state index contributed by atoms with van der Waals surface area (Å²) in [7, 11) is 0. The Morgan fingerprint density at radius 3 is 2.62 bits per heavy atom. The van der Waals surface area contributed by atoms with Crippen molar-refractivity contribution in [1.29, 1.82) is 0 Å². The Bertz CT molecular complexity index is 585. The minimum Gasteiger partial charge on any atom is -0.506 e. The van der Waals surface area contributed by atoms with Crippen molar-refractivity contribution < 1.29 is 9.84 Å². The van der Waals surface area contributed by atoms with Gasteiger partial charge in [0.2, 0.25) is 0 Å². The molecule has 0 atom stereocenters. The molecule has 2 aromatic rings. The van der Waals surface area contributed by atoms with Gasteiger partial charge in [-0.3, -0.25) is 4.98 Å². The van der Waals surface area contributed by atoms with Gasteiger partial charge in [-0.1, -0.05) is 24.3 Å². The second-order valence-electron chi connectivity index (χ2n) is 4.93. The van der Waals surface area contributed by atoms with Crippen molar-refractivity contribution in [1.82, 2.24) is 10.3 Å². The lowest BCUT2D eigenvalue weighted by atomic mass is 10.1. The Labute approximate surface area is 125 Å². The average molecular weight is 286 g/mol. The first kappa shape index (κ1) is 15.5. The van der Waals surface area contributed by atoms with Gasteiger partial charge >= 0.3 is 0 Å². The predicted octanol–water partition coefficient (Wildman–Crippen LogP) is 2.92. The lowest BCUT2D eigenvalue weighted by Crippen LogP contribution is -2.15. The van der Waals surface area contributed by atoms with Crippen LogP contribution in [0.1, 0.15) is 29.4 Å². The van der Waals surface area contributed by atoms with Gasteiger partial charge in [0.25, 0.3) is 0 Å². The van der Waals surface area contributed by atoms with E-state index in [1.807, 2.05) is 26.0 Å². The van der Waals surface area contributed by atoms with E-state index in [1.165, 1.54) is 11.1 Å². The summed E-state index contributed by atoms with van der Waals surface area (Å²) in [4.78, 5) is 4.34. The quantitative estimate of drug-likeness (QED) is 0.821. The number of nitrogens with zero attached hydrogens (tertiary/aromatic N) is 1. The van der Waals surface area contributed by atoms with Gasteiger partial charge in [0, 0.05) is 25.4 Å². The summed E-state index contributed by atoms with van der Waals surface area (Å²) in [6.07, 6.45) is 0. The van der Waals surface area contributed by atoms with Gasteiger partial charge in [-0.25, -0.2) is 0 Å². The Hall–Kier alpha value is -1.91. The number of rotatable bonds is 7. The number of ether oxygens (including phenoxy) is 1. The second kappa shape index (κ2) is 7.76. The highest BCUT2D eigenvalue weighted by Crippen LogP contribution is 2.15. The lowest BCUT2D eigenvalue weighted by molar-refractivity contribution is 0.133. The zero-order valence-corrected chi connectivity index (χ0v) is 12.6.